The predicted molar refractivity (Wildman–Crippen MR) is 232 cm³/mol. The quantitative estimate of drug-likeness (QED) is 0.0391. The maximum atomic E-state index is 13.0. The maximum absolute atomic E-state index is 13.0. The van der Waals surface area contributed by atoms with E-state index in [1.807, 2.05) is 48.5 Å². The van der Waals surface area contributed by atoms with Crippen molar-refractivity contribution in [2.45, 2.75) is 68.5 Å². The van der Waals surface area contributed by atoms with Crippen molar-refractivity contribution in [3.63, 3.8) is 0 Å². The lowest BCUT2D eigenvalue weighted by molar-refractivity contribution is -0.136. The third kappa shape index (κ3) is 9.97. The third-order valence-corrected chi connectivity index (χ3v) is 13.7. The molecule has 0 bridgehead atoms. The summed E-state index contributed by atoms with van der Waals surface area (Å²) in [5.74, 6) is 1.63. The highest BCUT2D eigenvalue weighted by atomic mass is 35.5. The van der Waals surface area contributed by atoms with Crippen LogP contribution in [0.2, 0.25) is 5.02 Å². The first-order valence-corrected chi connectivity index (χ1v) is 23.7. The van der Waals surface area contributed by atoms with Crippen molar-refractivity contribution in [2.24, 2.45) is 0 Å². The number of methoxy groups -OCH3 is 1. The lowest BCUT2D eigenvalue weighted by atomic mass is 10.0. The van der Waals surface area contributed by atoms with Crippen molar-refractivity contribution < 1.29 is 23.7 Å². The van der Waals surface area contributed by atoms with Gasteiger partial charge in [0.05, 0.1) is 24.7 Å². The lowest BCUT2D eigenvalue weighted by Crippen LogP contribution is -2.52. The number of halogens is 1. The zero-order valence-corrected chi connectivity index (χ0v) is 35.5. The molecule has 306 valence electrons. The number of nitrogens with one attached hydrogen (secondary N) is 4. The van der Waals surface area contributed by atoms with Crippen LogP contribution in [-0.4, -0.2) is 90.5 Å². The van der Waals surface area contributed by atoms with Crippen LogP contribution < -0.4 is 36.2 Å². The zero-order chi connectivity index (χ0) is 40.8. The summed E-state index contributed by atoms with van der Waals surface area (Å²) in [6.07, 6.45) is 7.64. The number of benzene rings is 3. The molecule has 13 nitrogen and oxygen atoms in total. The number of unbranched alkanes of at least 4 members (excludes halogenated alkanes) is 2. The smallest absolute Gasteiger partial charge is 0.255 e. The number of hydrogen-bond donors (Lipinski definition) is 4. The van der Waals surface area contributed by atoms with E-state index in [-0.39, 0.29) is 24.1 Å². The molecule has 4 N–H and O–H groups in total. The number of imide groups is 1. The number of para-hydroxylation sites is 1. The van der Waals surface area contributed by atoms with E-state index in [0.717, 1.165) is 84.6 Å². The van der Waals surface area contributed by atoms with Crippen LogP contribution in [0.5, 0.6) is 5.75 Å². The minimum Gasteiger partial charge on any atom is -0.494 e. The van der Waals surface area contributed by atoms with Gasteiger partial charge in [-0.05, 0) is 106 Å². The molecule has 3 amide bonds. The number of thioether (sulfide) groups is 1. The molecule has 0 saturated carbocycles. The van der Waals surface area contributed by atoms with Gasteiger partial charge < -0.3 is 35.1 Å². The van der Waals surface area contributed by atoms with Crippen LogP contribution in [0, 0.1) is 0 Å². The summed E-state index contributed by atoms with van der Waals surface area (Å²) in [6.45, 7) is 6.76. The van der Waals surface area contributed by atoms with Gasteiger partial charge in [0.1, 0.15) is 24.0 Å². The van der Waals surface area contributed by atoms with E-state index in [9.17, 15) is 18.9 Å². The Morgan fingerprint density at radius 1 is 0.966 bits per heavy atom. The van der Waals surface area contributed by atoms with E-state index >= 15 is 0 Å². The SMILES string of the molecule is COc1cc(N2CCC(NCCCCCSc3ccc4c(c3)CN(C3CCC(=O)NC3=O)C4=O)CC2)ccc1Nc1ncc(Cl)c(Nc2ccccc2P(C)(C)=O)n1. The normalized spacial score (nSPS) is 17.3. The fraction of sp³-hybridized carbons (Fsp3) is 0.405. The van der Waals surface area contributed by atoms with E-state index in [1.54, 1.807) is 37.1 Å². The number of piperidine rings is 2. The second-order valence-corrected chi connectivity index (χ2v) is 20.0. The zero-order valence-electron chi connectivity index (χ0n) is 33.1. The molecule has 1 aromatic heterocycles. The maximum Gasteiger partial charge on any atom is 0.255 e. The average Bonchev–Trinajstić information content (AvgIpc) is 3.53. The molecule has 1 atom stereocenters. The van der Waals surface area contributed by atoms with Gasteiger partial charge >= 0.3 is 0 Å². The van der Waals surface area contributed by atoms with Crippen molar-refractivity contribution in [2.75, 3.05) is 61.4 Å². The first kappa shape index (κ1) is 41.5. The number of anilines is 5. The fourth-order valence-electron chi connectivity index (χ4n) is 7.67. The number of ether oxygens (including phenoxy) is 1. The summed E-state index contributed by atoms with van der Waals surface area (Å²) >= 11 is 8.27. The molecular formula is C42H50ClN8O5PS. The lowest BCUT2D eigenvalue weighted by Gasteiger charge is -2.34. The Bertz CT molecular complexity index is 2210. The first-order chi connectivity index (χ1) is 28.0. The van der Waals surface area contributed by atoms with Gasteiger partial charge in [-0.3, -0.25) is 19.7 Å². The van der Waals surface area contributed by atoms with Gasteiger partial charge in [-0.25, -0.2) is 4.98 Å². The second kappa shape index (κ2) is 18.5. The van der Waals surface area contributed by atoms with Gasteiger partial charge in [-0.15, -0.1) is 11.8 Å². The third-order valence-electron chi connectivity index (χ3n) is 10.8. The van der Waals surface area contributed by atoms with E-state index in [0.29, 0.717) is 52.8 Å². The van der Waals surface area contributed by atoms with Gasteiger partial charge in [-0.1, -0.05) is 30.2 Å². The summed E-state index contributed by atoms with van der Waals surface area (Å²) in [5, 5.41) is 13.7. The topological polar surface area (TPSA) is 158 Å². The molecule has 3 aliphatic rings. The minimum atomic E-state index is -2.54. The Hall–Kier alpha value is -4.62. The number of carbonyl (C=O) groups excluding carboxylic acids is 3. The molecule has 0 aliphatic carbocycles. The van der Waals surface area contributed by atoms with Crippen LogP contribution in [0.3, 0.4) is 0 Å². The number of aromatic nitrogens is 2. The molecule has 4 heterocycles. The van der Waals surface area contributed by atoms with Gasteiger partial charge in [0.15, 0.2) is 5.82 Å². The number of fused-ring (bicyclic) bond motifs is 1. The number of carbonyl (C=O) groups is 3. The average molecular weight is 845 g/mol. The second-order valence-electron chi connectivity index (χ2n) is 15.2. The van der Waals surface area contributed by atoms with Crippen LogP contribution in [0.25, 0.3) is 0 Å². The standard InChI is InChI=1S/C42H50ClN8O5PS/c1-56-36-24-29(11-14-33(36)47-42-45-25-32(43)39(49-42)46-34-9-5-6-10-37(34)57(2,3)55)50-20-17-28(18-21-50)44-19-7-4-8-22-58-30-12-13-31-27(23-30)26-51(41(31)54)35-15-16-38(52)48-40(35)53/h5-6,9-14,23-25,28,35,44H,4,7-8,15-22,26H2,1-3H3,(H,48,52,53)(H2,45,46,47,49). The van der Waals surface area contributed by atoms with Crippen LogP contribution >= 0.6 is 30.5 Å². The molecule has 4 aromatic rings. The molecule has 7 rings (SSSR count). The summed E-state index contributed by atoms with van der Waals surface area (Å²) in [6, 6.07) is 19.4. The summed E-state index contributed by atoms with van der Waals surface area (Å²) < 4.78 is 18.7. The summed E-state index contributed by atoms with van der Waals surface area (Å²) in [4.78, 5) is 51.0. The van der Waals surface area contributed by atoms with E-state index in [1.165, 1.54) is 6.20 Å². The van der Waals surface area contributed by atoms with Crippen LogP contribution in [0.15, 0.2) is 71.8 Å². The Morgan fingerprint density at radius 3 is 2.55 bits per heavy atom. The van der Waals surface area contributed by atoms with Crippen molar-refractivity contribution in [3.8, 4) is 5.75 Å². The molecule has 16 heteroatoms. The van der Waals surface area contributed by atoms with Gasteiger partial charge in [0.2, 0.25) is 17.8 Å². The largest absolute Gasteiger partial charge is 0.494 e. The molecule has 2 saturated heterocycles. The van der Waals surface area contributed by atoms with Crippen molar-refractivity contribution >= 4 is 82.4 Å². The highest BCUT2D eigenvalue weighted by molar-refractivity contribution is 7.99. The monoisotopic (exact) mass is 844 g/mol. The Morgan fingerprint density at radius 2 is 1.78 bits per heavy atom. The predicted octanol–water partition coefficient (Wildman–Crippen LogP) is 7.16. The molecule has 3 aromatic carbocycles. The fourth-order valence-corrected chi connectivity index (χ4v) is 9.94. The number of rotatable bonds is 16. The van der Waals surface area contributed by atoms with Crippen molar-refractivity contribution in [3.05, 3.63) is 83.0 Å². The Balaban J connectivity index is 0.821. The number of amides is 3. The molecule has 2 fully saturated rings. The molecule has 1 unspecified atom stereocenters. The summed E-state index contributed by atoms with van der Waals surface area (Å²) in [7, 11) is -0.892. The Kier molecular flexibility index (Phi) is 13.3. The molecule has 3 aliphatic heterocycles. The van der Waals surface area contributed by atoms with Gasteiger partial charge in [0.25, 0.3) is 5.91 Å². The van der Waals surface area contributed by atoms with Crippen LogP contribution in [0.1, 0.15) is 60.9 Å². The van der Waals surface area contributed by atoms with Crippen molar-refractivity contribution in [1.82, 2.24) is 25.5 Å². The Labute approximate surface area is 348 Å². The number of nitrogens with zero attached hydrogens (tertiary/aromatic N) is 4. The molecule has 0 radical (unpaired) electrons. The molecule has 58 heavy (non-hydrogen) atoms. The van der Waals surface area contributed by atoms with Crippen LogP contribution in [-0.2, 0) is 20.7 Å². The first-order valence-electron chi connectivity index (χ1n) is 19.7. The van der Waals surface area contributed by atoms with E-state index in [4.69, 9.17) is 16.3 Å². The van der Waals surface area contributed by atoms with Gasteiger partial charge in [0, 0.05) is 59.6 Å². The highest BCUT2D eigenvalue weighted by Gasteiger charge is 2.39. The van der Waals surface area contributed by atoms with Gasteiger partial charge in [-0.2, -0.15) is 4.98 Å². The highest BCUT2D eigenvalue weighted by Crippen LogP contribution is 2.39. The van der Waals surface area contributed by atoms with Crippen LogP contribution in [0.4, 0.5) is 28.8 Å². The number of hydrogen-bond acceptors (Lipinski definition) is 12. The van der Waals surface area contributed by atoms with E-state index < -0.39 is 13.2 Å². The summed E-state index contributed by atoms with van der Waals surface area (Å²) in [5.41, 5.74) is 4.11. The van der Waals surface area contributed by atoms with Crippen molar-refractivity contribution in [1.29, 1.82) is 0 Å². The minimum absolute atomic E-state index is 0.136. The molecule has 0 spiro atoms. The molecular weight excluding hydrogens is 795 g/mol. The van der Waals surface area contributed by atoms with E-state index in [2.05, 4.69) is 48.3 Å².